The van der Waals surface area contributed by atoms with E-state index in [1.807, 2.05) is 0 Å². The van der Waals surface area contributed by atoms with Gasteiger partial charge in [-0.05, 0) is 38.1 Å². The van der Waals surface area contributed by atoms with Crippen LogP contribution >= 0.6 is 0 Å². The SMILES string of the molecule is CC1CCCC(OCC(=O)NCC2CCCCN2)C1. The van der Waals surface area contributed by atoms with Crippen LogP contribution in [0.25, 0.3) is 0 Å². The lowest BCUT2D eigenvalue weighted by atomic mass is 9.89. The van der Waals surface area contributed by atoms with Gasteiger partial charge in [0.25, 0.3) is 0 Å². The predicted molar refractivity (Wildman–Crippen MR) is 76.0 cm³/mol. The average Bonchev–Trinajstić information content (AvgIpc) is 2.44. The molecule has 1 heterocycles. The van der Waals surface area contributed by atoms with Gasteiger partial charge < -0.3 is 15.4 Å². The van der Waals surface area contributed by atoms with Gasteiger partial charge in [-0.2, -0.15) is 0 Å². The number of nitrogens with one attached hydrogen (secondary N) is 2. The van der Waals surface area contributed by atoms with E-state index in [4.69, 9.17) is 4.74 Å². The third-order valence-electron chi connectivity index (χ3n) is 4.30. The molecule has 4 heteroatoms. The van der Waals surface area contributed by atoms with E-state index in [0.29, 0.717) is 12.1 Å². The third-order valence-corrected chi connectivity index (χ3v) is 4.30. The molecule has 1 amide bonds. The number of rotatable bonds is 5. The van der Waals surface area contributed by atoms with Gasteiger partial charge in [0.2, 0.25) is 5.91 Å². The van der Waals surface area contributed by atoms with Gasteiger partial charge in [-0.3, -0.25) is 4.79 Å². The minimum absolute atomic E-state index is 0.0330. The summed E-state index contributed by atoms with van der Waals surface area (Å²) < 4.78 is 5.72. The molecule has 110 valence electrons. The first kappa shape index (κ1) is 14.8. The Morgan fingerprint density at radius 1 is 1.26 bits per heavy atom. The van der Waals surface area contributed by atoms with E-state index in [1.54, 1.807) is 0 Å². The zero-order valence-electron chi connectivity index (χ0n) is 12.1. The van der Waals surface area contributed by atoms with Crippen molar-refractivity contribution >= 4 is 5.91 Å². The van der Waals surface area contributed by atoms with Crippen LogP contribution in [0.4, 0.5) is 0 Å². The lowest BCUT2D eigenvalue weighted by molar-refractivity contribution is -0.128. The molecule has 0 aromatic rings. The fraction of sp³-hybridized carbons (Fsp3) is 0.933. The Balaban J connectivity index is 1.56. The van der Waals surface area contributed by atoms with E-state index in [2.05, 4.69) is 17.6 Å². The van der Waals surface area contributed by atoms with Gasteiger partial charge in [0.15, 0.2) is 0 Å². The highest BCUT2D eigenvalue weighted by atomic mass is 16.5. The van der Waals surface area contributed by atoms with Crippen molar-refractivity contribution in [2.45, 2.75) is 64.0 Å². The first-order chi connectivity index (χ1) is 9.24. The van der Waals surface area contributed by atoms with Gasteiger partial charge in [-0.1, -0.05) is 26.2 Å². The molecule has 2 fully saturated rings. The quantitative estimate of drug-likeness (QED) is 0.800. The highest BCUT2D eigenvalue weighted by molar-refractivity contribution is 5.77. The van der Waals surface area contributed by atoms with Crippen molar-refractivity contribution < 1.29 is 9.53 Å². The Morgan fingerprint density at radius 3 is 2.89 bits per heavy atom. The summed E-state index contributed by atoms with van der Waals surface area (Å²) in [4.78, 5) is 11.7. The molecule has 1 saturated carbocycles. The number of piperidine rings is 1. The van der Waals surface area contributed by atoms with Crippen LogP contribution < -0.4 is 10.6 Å². The maximum Gasteiger partial charge on any atom is 0.246 e. The molecule has 2 N–H and O–H groups in total. The molecule has 0 radical (unpaired) electrons. The molecule has 2 aliphatic rings. The maximum atomic E-state index is 11.7. The Labute approximate surface area is 116 Å². The molecule has 0 aromatic heterocycles. The van der Waals surface area contributed by atoms with Crippen molar-refractivity contribution in [2.75, 3.05) is 19.7 Å². The topological polar surface area (TPSA) is 50.4 Å². The minimum Gasteiger partial charge on any atom is -0.368 e. The van der Waals surface area contributed by atoms with Crippen LogP contribution in [0.2, 0.25) is 0 Å². The number of carbonyl (C=O) groups excluding carboxylic acids is 1. The van der Waals surface area contributed by atoms with Crippen molar-refractivity contribution in [3.05, 3.63) is 0 Å². The van der Waals surface area contributed by atoms with Crippen molar-refractivity contribution in [1.29, 1.82) is 0 Å². The summed E-state index contributed by atoms with van der Waals surface area (Å²) in [5.41, 5.74) is 0. The number of amides is 1. The van der Waals surface area contributed by atoms with E-state index >= 15 is 0 Å². The van der Waals surface area contributed by atoms with Gasteiger partial charge in [-0.25, -0.2) is 0 Å². The Bertz CT molecular complexity index is 277. The normalized spacial score (nSPS) is 31.9. The highest BCUT2D eigenvalue weighted by Crippen LogP contribution is 2.25. The van der Waals surface area contributed by atoms with Crippen molar-refractivity contribution in [1.82, 2.24) is 10.6 Å². The molecule has 0 aromatic carbocycles. The maximum absolute atomic E-state index is 11.7. The number of hydrogen-bond acceptors (Lipinski definition) is 3. The summed E-state index contributed by atoms with van der Waals surface area (Å²) in [6.07, 6.45) is 8.75. The third kappa shape index (κ3) is 5.49. The summed E-state index contributed by atoms with van der Waals surface area (Å²) in [6, 6.07) is 0.451. The Morgan fingerprint density at radius 2 is 2.16 bits per heavy atom. The largest absolute Gasteiger partial charge is 0.368 e. The van der Waals surface area contributed by atoms with Gasteiger partial charge >= 0.3 is 0 Å². The van der Waals surface area contributed by atoms with Crippen LogP contribution in [0, 0.1) is 5.92 Å². The van der Waals surface area contributed by atoms with E-state index in [0.717, 1.165) is 31.8 Å². The van der Waals surface area contributed by atoms with Gasteiger partial charge in [-0.15, -0.1) is 0 Å². The van der Waals surface area contributed by atoms with Gasteiger partial charge in [0.1, 0.15) is 6.61 Å². The molecule has 0 bridgehead atoms. The van der Waals surface area contributed by atoms with Gasteiger partial charge in [0.05, 0.1) is 6.10 Å². The number of carbonyl (C=O) groups is 1. The second kappa shape index (κ2) is 7.85. The first-order valence-corrected chi connectivity index (χ1v) is 7.85. The molecule has 3 unspecified atom stereocenters. The lowest BCUT2D eigenvalue weighted by Crippen LogP contribution is -2.44. The van der Waals surface area contributed by atoms with Crippen molar-refractivity contribution in [3.63, 3.8) is 0 Å². The molecule has 4 nitrogen and oxygen atoms in total. The number of hydrogen-bond donors (Lipinski definition) is 2. The minimum atomic E-state index is 0.0330. The Kier molecular flexibility index (Phi) is 6.11. The molecular formula is C15H28N2O2. The van der Waals surface area contributed by atoms with Crippen LogP contribution in [0.5, 0.6) is 0 Å². The zero-order chi connectivity index (χ0) is 13.5. The molecular weight excluding hydrogens is 240 g/mol. The van der Waals surface area contributed by atoms with Crippen LogP contribution in [-0.4, -0.2) is 37.7 Å². The highest BCUT2D eigenvalue weighted by Gasteiger charge is 2.20. The van der Waals surface area contributed by atoms with Crippen LogP contribution in [0.15, 0.2) is 0 Å². The second-order valence-electron chi connectivity index (χ2n) is 6.16. The molecule has 19 heavy (non-hydrogen) atoms. The first-order valence-electron chi connectivity index (χ1n) is 7.85. The summed E-state index contributed by atoms with van der Waals surface area (Å²) in [6.45, 7) is 4.31. The smallest absolute Gasteiger partial charge is 0.246 e. The standard InChI is InChI=1S/C15H28N2O2/c1-12-5-4-7-14(9-12)19-11-15(18)17-10-13-6-2-3-8-16-13/h12-14,16H,2-11H2,1H3,(H,17,18). The summed E-state index contributed by atoms with van der Waals surface area (Å²) in [5, 5.41) is 6.41. The molecule has 1 saturated heterocycles. The molecule has 0 spiro atoms. The fourth-order valence-electron chi connectivity index (χ4n) is 3.11. The predicted octanol–water partition coefficient (Wildman–Crippen LogP) is 1.84. The second-order valence-corrected chi connectivity index (χ2v) is 6.16. The van der Waals surface area contributed by atoms with Crippen LogP contribution in [0.3, 0.4) is 0 Å². The lowest BCUT2D eigenvalue weighted by Gasteiger charge is -2.27. The van der Waals surface area contributed by atoms with Crippen molar-refractivity contribution in [2.24, 2.45) is 5.92 Å². The van der Waals surface area contributed by atoms with E-state index in [-0.39, 0.29) is 12.5 Å². The zero-order valence-corrected chi connectivity index (χ0v) is 12.1. The summed E-state index contributed by atoms with van der Waals surface area (Å²) in [5.74, 6) is 0.777. The van der Waals surface area contributed by atoms with E-state index in [9.17, 15) is 4.79 Å². The summed E-state index contributed by atoms with van der Waals surface area (Å²) >= 11 is 0. The van der Waals surface area contributed by atoms with Crippen LogP contribution in [0.1, 0.15) is 51.9 Å². The van der Waals surface area contributed by atoms with Crippen molar-refractivity contribution in [3.8, 4) is 0 Å². The van der Waals surface area contributed by atoms with E-state index in [1.165, 1.54) is 32.1 Å². The average molecular weight is 268 g/mol. The van der Waals surface area contributed by atoms with Gasteiger partial charge in [0, 0.05) is 12.6 Å². The summed E-state index contributed by atoms with van der Waals surface area (Å²) in [7, 11) is 0. The molecule has 1 aliphatic carbocycles. The van der Waals surface area contributed by atoms with Crippen LogP contribution in [-0.2, 0) is 9.53 Å². The molecule has 3 atom stereocenters. The number of ether oxygens (including phenoxy) is 1. The molecule has 1 aliphatic heterocycles. The monoisotopic (exact) mass is 268 g/mol. The van der Waals surface area contributed by atoms with E-state index < -0.39 is 0 Å². The fourth-order valence-corrected chi connectivity index (χ4v) is 3.11. The Hall–Kier alpha value is -0.610. The molecule has 2 rings (SSSR count).